The molecule has 0 unspecified atom stereocenters. The smallest absolute Gasteiger partial charge is 0.308 e. The average Bonchev–Trinajstić information content (AvgIpc) is 2.88. The molecular weight excluding hydrogens is 333 g/mol. The van der Waals surface area contributed by atoms with E-state index in [1.807, 2.05) is 0 Å². The van der Waals surface area contributed by atoms with Crippen LogP contribution in [0.15, 0.2) is 4.99 Å². The number of guanidine groups is 1. The monoisotopic (exact) mass is 357 g/mol. The number of amides is 1. The van der Waals surface area contributed by atoms with Gasteiger partial charge in [0.2, 0.25) is 5.91 Å². The van der Waals surface area contributed by atoms with E-state index in [9.17, 15) is 24.9 Å². The maximum absolute atomic E-state index is 11.5. The maximum atomic E-state index is 11.5. The van der Waals surface area contributed by atoms with Crippen LogP contribution in [0.1, 0.15) is 13.3 Å². The Hall–Kier alpha value is -1.89. The van der Waals surface area contributed by atoms with Crippen LogP contribution in [0.5, 0.6) is 0 Å². The van der Waals surface area contributed by atoms with Crippen LogP contribution < -0.4 is 22.0 Å². The summed E-state index contributed by atoms with van der Waals surface area (Å²) in [6, 6.07) is -2.84. The molecule has 0 aliphatic heterocycles. The molecule has 0 saturated heterocycles. The highest BCUT2D eigenvalue weighted by molar-refractivity contribution is 6.04. The molecule has 10 N–H and O–H groups in total. The van der Waals surface area contributed by atoms with E-state index in [4.69, 9.17) is 24.6 Å². The molecule has 1 fully saturated rings. The van der Waals surface area contributed by atoms with Crippen molar-refractivity contribution in [2.45, 2.75) is 43.7 Å². The van der Waals surface area contributed by atoms with Crippen molar-refractivity contribution in [3.63, 3.8) is 0 Å². The van der Waals surface area contributed by atoms with Crippen LogP contribution in [0.2, 0.25) is 0 Å². The summed E-state index contributed by atoms with van der Waals surface area (Å²) in [5.74, 6) is -3.83. The van der Waals surface area contributed by atoms with Crippen LogP contribution in [0.25, 0.3) is 0 Å². The van der Waals surface area contributed by atoms with Gasteiger partial charge in [-0.25, -0.2) is 4.99 Å². The summed E-state index contributed by atoms with van der Waals surface area (Å²) in [6.07, 6.45) is -3.16. The molecule has 1 saturated carbocycles. The van der Waals surface area contributed by atoms with Gasteiger partial charge in [0.05, 0.1) is 24.6 Å². The number of aliphatic carboxylic acids is 1. The van der Waals surface area contributed by atoms with Crippen LogP contribution in [-0.4, -0.2) is 83.2 Å². The highest BCUT2D eigenvalue weighted by atomic mass is 16.4. The van der Waals surface area contributed by atoms with Crippen molar-refractivity contribution in [1.82, 2.24) is 10.5 Å². The molecule has 2 radical (unpaired) electrons. The van der Waals surface area contributed by atoms with Crippen molar-refractivity contribution < 1.29 is 30.0 Å². The zero-order valence-electron chi connectivity index (χ0n) is 13.7. The molecule has 0 spiro atoms. The van der Waals surface area contributed by atoms with Crippen LogP contribution >= 0.6 is 0 Å². The minimum atomic E-state index is -1.60. The van der Waals surface area contributed by atoms with Crippen LogP contribution in [0.4, 0.5) is 0 Å². The number of carbonyl (C=O) groups excluding carboxylic acids is 1. The summed E-state index contributed by atoms with van der Waals surface area (Å²) in [7, 11) is 5.49. The topological polar surface area (TPSA) is 204 Å². The van der Waals surface area contributed by atoms with E-state index >= 15 is 0 Å². The molecule has 12 heteroatoms. The molecule has 0 bridgehead atoms. The lowest BCUT2D eigenvalue weighted by Crippen LogP contribution is -2.59. The predicted molar refractivity (Wildman–Crippen MR) is 88.2 cm³/mol. The molecule has 11 nitrogen and oxygen atoms in total. The summed E-state index contributed by atoms with van der Waals surface area (Å²) >= 11 is 0. The number of carboxylic acid groups (broad SMARTS) is 1. The quantitative estimate of drug-likeness (QED) is 0.120. The summed E-state index contributed by atoms with van der Waals surface area (Å²) in [4.78, 5) is 27.0. The third-order valence-corrected chi connectivity index (χ3v) is 4.35. The standard InChI is InChI=1S/C13H24BN5O6/c1-4(21)17-10(11(23)7(22)3-20)8-6(18-13(15)16)2-5(12(24)25)9(8)19-14/h5-11,19-20,22-23H,2-3H2,1H3,(H,17,21)(H,24,25)(H4,15,16,18)/t5-,6+,7-,8-,9+,10-,11-/m0/s1. The van der Waals surface area contributed by atoms with Gasteiger partial charge < -0.3 is 42.4 Å². The highest BCUT2D eigenvalue weighted by Gasteiger charge is 2.51. The van der Waals surface area contributed by atoms with Crippen LogP contribution in [-0.2, 0) is 9.59 Å². The van der Waals surface area contributed by atoms with E-state index < -0.39 is 60.7 Å². The van der Waals surface area contributed by atoms with Gasteiger partial charge in [0.25, 0.3) is 0 Å². The normalized spacial score (nSPS) is 29.4. The van der Waals surface area contributed by atoms with Crippen LogP contribution in [0, 0.1) is 11.8 Å². The van der Waals surface area contributed by atoms with E-state index in [2.05, 4.69) is 15.5 Å². The van der Waals surface area contributed by atoms with Gasteiger partial charge >= 0.3 is 5.97 Å². The average molecular weight is 357 g/mol. The number of carbonyl (C=O) groups is 2. The number of aliphatic imine (C=N–C) groups is 1. The molecule has 0 aromatic carbocycles. The van der Waals surface area contributed by atoms with Gasteiger partial charge in [-0.1, -0.05) is 0 Å². The molecule has 1 amide bonds. The number of nitrogens with zero attached hydrogens (tertiary/aromatic N) is 1. The van der Waals surface area contributed by atoms with E-state index in [1.165, 1.54) is 6.92 Å². The lowest BCUT2D eigenvalue weighted by Gasteiger charge is -2.36. The second-order valence-electron chi connectivity index (χ2n) is 6.04. The number of nitrogens with one attached hydrogen (secondary N) is 2. The first kappa shape index (κ1) is 21.2. The number of hydrogen-bond donors (Lipinski definition) is 8. The predicted octanol–water partition coefficient (Wildman–Crippen LogP) is -4.39. The first-order valence-electron chi connectivity index (χ1n) is 7.65. The maximum Gasteiger partial charge on any atom is 0.308 e. The van der Waals surface area contributed by atoms with Crippen molar-refractivity contribution in [2.24, 2.45) is 28.3 Å². The summed E-state index contributed by atoms with van der Waals surface area (Å²) < 4.78 is 0. The van der Waals surface area contributed by atoms with Gasteiger partial charge in [0, 0.05) is 18.9 Å². The molecule has 1 rings (SSSR count). The molecule has 1 aliphatic carbocycles. The van der Waals surface area contributed by atoms with Gasteiger partial charge in [0.15, 0.2) is 13.9 Å². The summed E-state index contributed by atoms with van der Waals surface area (Å²) in [6.45, 7) is 0.426. The van der Waals surface area contributed by atoms with Gasteiger partial charge in [0.1, 0.15) is 12.2 Å². The van der Waals surface area contributed by atoms with Crippen molar-refractivity contribution >= 4 is 25.8 Å². The first-order valence-corrected chi connectivity index (χ1v) is 7.65. The lowest BCUT2D eigenvalue weighted by atomic mass is 9.83. The minimum Gasteiger partial charge on any atom is -0.481 e. The van der Waals surface area contributed by atoms with Crippen molar-refractivity contribution in [2.75, 3.05) is 6.61 Å². The Morgan fingerprint density at radius 2 is 1.96 bits per heavy atom. The van der Waals surface area contributed by atoms with Crippen molar-refractivity contribution in [3.8, 4) is 0 Å². The Balaban J connectivity index is 3.33. The molecule has 7 atom stereocenters. The minimum absolute atomic E-state index is 0.00475. The third-order valence-electron chi connectivity index (χ3n) is 4.35. The van der Waals surface area contributed by atoms with E-state index in [-0.39, 0.29) is 12.4 Å². The fourth-order valence-corrected chi connectivity index (χ4v) is 3.34. The molecule has 0 aromatic heterocycles. The van der Waals surface area contributed by atoms with Crippen molar-refractivity contribution in [3.05, 3.63) is 0 Å². The zero-order chi connectivity index (χ0) is 19.3. The summed E-state index contributed by atoms with van der Waals surface area (Å²) in [5.41, 5.74) is 10.8. The fraction of sp³-hybridized carbons (Fsp3) is 0.769. The van der Waals surface area contributed by atoms with Gasteiger partial charge in [-0.15, -0.1) is 0 Å². The molecule has 25 heavy (non-hydrogen) atoms. The van der Waals surface area contributed by atoms with Gasteiger partial charge in [-0.2, -0.15) is 0 Å². The number of aliphatic hydroxyl groups excluding tert-OH is 3. The Bertz CT molecular complexity index is 517. The van der Waals surface area contributed by atoms with E-state index in [0.29, 0.717) is 0 Å². The SMILES string of the molecule is [B]N[C@H]1[C@@H]([C@H](NC(C)=O)[C@@H](O)[C@@H](O)CO)[C@H](N=C(N)N)C[C@@H]1C(=O)O. The first-order chi connectivity index (χ1) is 11.6. The highest BCUT2D eigenvalue weighted by Crippen LogP contribution is 2.37. The molecule has 140 valence electrons. The second-order valence-corrected chi connectivity index (χ2v) is 6.04. The third kappa shape index (κ3) is 5.04. The zero-order valence-corrected chi connectivity index (χ0v) is 13.7. The van der Waals surface area contributed by atoms with E-state index in [0.717, 1.165) is 0 Å². The Labute approximate surface area is 145 Å². The fourth-order valence-electron chi connectivity index (χ4n) is 3.34. The van der Waals surface area contributed by atoms with E-state index in [1.54, 1.807) is 0 Å². The second kappa shape index (κ2) is 8.99. The number of rotatable bonds is 8. The molecule has 0 aromatic rings. The molecule has 1 aliphatic rings. The number of nitrogens with two attached hydrogens (primary N) is 2. The van der Waals surface area contributed by atoms with Gasteiger partial charge in [-0.3, -0.25) is 9.59 Å². The molecule has 0 heterocycles. The molecular formula is C13H24BN5O6. The number of hydrogen-bond acceptors (Lipinski definition) is 7. The van der Waals surface area contributed by atoms with Crippen molar-refractivity contribution in [1.29, 1.82) is 0 Å². The van der Waals surface area contributed by atoms with Crippen LogP contribution in [0.3, 0.4) is 0 Å². The number of aliphatic hydroxyl groups is 3. The Morgan fingerprint density at radius 3 is 2.36 bits per heavy atom. The largest absolute Gasteiger partial charge is 0.481 e. The summed E-state index contributed by atoms with van der Waals surface area (Å²) in [5, 5.41) is 43.4. The Kier molecular flexibility index (Phi) is 7.61. The lowest BCUT2D eigenvalue weighted by molar-refractivity contribution is -0.142. The van der Waals surface area contributed by atoms with Gasteiger partial charge in [-0.05, 0) is 6.42 Å². The number of carboxylic acids is 1. The Morgan fingerprint density at radius 1 is 1.36 bits per heavy atom.